The summed E-state index contributed by atoms with van der Waals surface area (Å²) in [7, 11) is 0. The van der Waals surface area contributed by atoms with Gasteiger partial charge in [0.05, 0.1) is 12.9 Å². The third kappa shape index (κ3) is 3.21. The molecule has 0 unspecified atom stereocenters. The van der Waals surface area contributed by atoms with Crippen LogP contribution in [0.5, 0.6) is 0 Å². The molecule has 3 N–H and O–H groups in total. The van der Waals surface area contributed by atoms with E-state index in [0.29, 0.717) is 36.1 Å². The van der Waals surface area contributed by atoms with Gasteiger partial charge in [0.25, 0.3) is 0 Å². The van der Waals surface area contributed by atoms with Gasteiger partial charge in [-0.05, 0) is 6.08 Å². The zero-order chi connectivity index (χ0) is 18.8. The molecule has 0 aromatic rings. The predicted octanol–water partition coefficient (Wildman–Crippen LogP) is -1.27. The zero-order valence-corrected chi connectivity index (χ0v) is 14.2. The van der Waals surface area contributed by atoms with Crippen LogP contribution in [0.1, 0.15) is 6.92 Å². The molecule has 140 valence electrons. The van der Waals surface area contributed by atoms with Crippen LogP contribution in [-0.2, 0) is 14.3 Å². The fourth-order valence-electron chi connectivity index (χ4n) is 3.09. The first-order valence-electron chi connectivity index (χ1n) is 8.24. The molecule has 0 aromatic carbocycles. The summed E-state index contributed by atoms with van der Waals surface area (Å²) in [5.41, 5.74) is 0.938. The van der Waals surface area contributed by atoms with E-state index in [-0.39, 0.29) is 5.92 Å². The van der Waals surface area contributed by atoms with Crippen molar-refractivity contribution in [3.8, 4) is 0 Å². The third-order valence-electron chi connectivity index (χ3n) is 4.78. The van der Waals surface area contributed by atoms with Crippen LogP contribution in [0, 0.1) is 5.92 Å². The summed E-state index contributed by atoms with van der Waals surface area (Å²) < 4.78 is 5.46. The lowest BCUT2D eigenvalue weighted by molar-refractivity contribution is -0.105. The van der Waals surface area contributed by atoms with Gasteiger partial charge < -0.3 is 29.9 Å². The Balaban J connectivity index is 1.73. The molecule has 0 amide bonds. The van der Waals surface area contributed by atoms with E-state index in [2.05, 4.69) is 4.99 Å². The Bertz CT molecular complexity index is 675. The predicted molar refractivity (Wildman–Crippen MR) is 90.3 cm³/mol. The minimum atomic E-state index is -1.18. The van der Waals surface area contributed by atoms with Crippen molar-refractivity contribution < 1.29 is 29.6 Å². The Morgan fingerprint density at radius 1 is 1.23 bits per heavy atom. The van der Waals surface area contributed by atoms with Gasteiger partial charge in [0.2, 0.25) is 0 Å². The lowest BCUT2D eigenvalue weighted by atomic mass is 9.93. The van der Waals surface area contributed by atoms with Gasteiger partial charge in [-0.3, -0.25) is 9.59 Å². The maximum Gasteiger partial charge on any atom is 0.160 e. The molecule has 3 aliphatic heterocycles. The van der Waals surface area contributed by atoms with Crippen molar-refractivity contribution in [3.05, 3.63) is 35.4 Å². The number of carbonyl (C=O) groups is 2. The van der Waals surface area contributed by atoms with Crippen molar-refractivity contribution in [2.75, 3.05) is 13.2 Å². The summed E-state index contributed by atoms with van der Waals surface area (Å²) in [5.74, 6) is 0.239. The Morgan fingerprint density at radius 3 is 2.35 bits per heavy atom. The number of aliphatic imine (C=N–C) groups is 1. The number of allylic oxidation sites excluding steroid dienone is 2. The molecule has 0 aliphatic carbocycles. The molecule has 0 aromatic heterocycles. The summed E-state index contributed by atoms with van der Waals surface area (Å²) >= 11 is 0. The molecule has 1 saturated heterocycles. The van der Waals surface area contributed by atoms with Gasteiger partial charge in [0.15, 0.2) is 6.23 Å². The molecule has 1 fully saturated rings. The number of nitrogens with zero attached hydrogens (tertiary/aromatic N) is 3. The molecule has 3 heterocycles. The van der Waals surface area contributed by atoms with Crippen LogP contribution in [0.4, 0.5) is 0 Å². The van der Waals surface area contributed by atoms with Crippen LogP contribution in [-0.4, -0.2) is 81.7 Å². The summed E-state index contributed by atoms with van der Waals surface area (Å²) in [6, 6.07) is 0. The van der Waals surface area contributed by atoms with Crippen LogP contribution in [0.3, 0.4) is 0 Å². The summed E-state index contributed by atoms with van der Waals surface area (Å²) in [6.07, 6.45) is 3.83. The van der Waals surface area contributed by atoms with Crippen molar-refractivity contribution in [2.45, 2.75) is 31.5 Å². The maximum absolute atomic E-state index is 11.2. The standard InChI is InChI=1S/C17H21N3O6/c1-10-11(6-21)4-20(5-12(10)7-22)14-2-3-19(9-18-14)17-16(25)15(24)13(8-23)26-17/h2,4-7,9-10,13,15-17,23-25H,3,8H2,1H3/t13-,15-,16-,17-/m1/s1. The first-order valence-corrected chi connectivity index (χ1v) is 8.24. The summed E-state index contributed by atoms with van der Waals surface area (Å²) in [6.45, 7) is 1.71. The van der Waals surface area contributed by atoms with E-state index in [4.69, 9.17) is 9.84 Å². The van der Waals surface area contributed by atoms with Crippen LogP contribution >= 0.6 is 0 Å². The van der Waals surface area contributed by atoms with Crippen molar-refractivity contribution in [3.63, 3.8) is 0 Å². The number of ether oxygens (including phenoxy) is 1. The second-order valence-electron chi connectivity index (χ2n) is 6.36. The average molecular weight is 363 g/mol. The molecule has 0 bridgehead atoms. The van der Waals surface area contributed by atoms with E-state index in [1.807, 2.05) is 0 Å². The second-order valence-corrected chi connectivity index (χ2v) is 6.36. The Morgan fingerprint density at radius 2 is 1.88 bits per heavy atom. The number of hydrogen-bond donors (Lipinski definition) is 3. The average Bonchev–Trinajstić information content (AvgIpc) is 2.96. The van der Waals surface area contributed by atoms with E-state index in [0.717, 1.165) is 0 Å². The lowest BCUT2D eigenvalue weighted by Crippen LogP contribution is -2.44. The van der Waals surface area contributed by atoms with E-state index in [1.165, 1.54) is 6.34 Å². The highest BCUT2D eigenvalue weighted by Crippen LogP contribution is 2.28. The molecule has 0 spiro atoms. The third-order valence-corrected chi connectivity index (χ3v) is 4.78. The lowest BCUT2D eigenvalue weighted by Gasteiger charge is -2.32. The highest BCUT2D eigenvalue weighted by Gasteiger charge is 2.44. The van der Waals surface area contributed by atoms with Crippen molar-refractivity contribution >= 4 is 18.9 Å². The highest BCUT2D eigenvalue weighted by atomic mass is 16.6. The first kappa shape index (κ1) is 18.5. The SMILES string of the molecule is CC1C(C=O)=CN(C2=CCN([C@@H]3O[C@H](CO)[C@@H](O)[C@H]3O)C=N2)C=C1C=O. The van der Waals surface area contributed by atoms with Gasteiger partial charge in [0, 0.05) is 36.0 Å². The first-order chi connectivity index (χ1) is 12.5. The molecule has 0 saturated carbocycles. The highest BCUT2D eigenvalue weighted by molar-refractivity contribution is 5.83. The minimum absolute atomic E-state index is 0.273. The summed E-state index contributed by atoms with van der Waals surface area (Å²) in [4.78, 5) is 29.9. The van der Waals surface area contributed by atoms with Crippen LogP contribution in [0.25, 0.3) is 0 Å². The Kier molecular flexibility index (Phi) is 5.33. The molecular weight excluding hydrogens is 342 g/mol. The Hall–Kier alpha value is -2.33. The molecular formula is C17H21N3O6. The van der Waals surface area contributed by atoms with Crippen LogP contribution in [0.2, 0.25) is 0 Å². The van der Waals surface area contributed by atoms with E-state index < -0.39 is 31.1 Å². The second kappa shape index (κ2) is 7.50. The van der Waals surface area contributed by atoms with Crippen molar-refractivity contribution in [2.24, 2.45) is 10.9 Å². The monoisotopic (exact) mass is 363 g/mol. The number of carbonyl (C=O) groups excluding carboxylic acids is 2. The molecule has 9 nitrogen and oxygen atoms in total. The van der Waals surface area contributed by atoms with Gasteiger partial charge in [0.1, 0.15) is 36.7 Å². The van der Waals surface area contributed by atoms with Gasteiger partial charge in [-0.15, -0.1) is 0 Å². The van der Waals surface area contributed by atoms with Crippen molar-refractivity contribution in [1.29, 1.82) is 0 Å². The number of rotatable bonds is 5. The number of hydrogen-bond acceptors (Lipinski definition) is 9. The van der Waals surface area contributed by atoms with Gasteiger partial charge in [-0.25, -0.2) is 4.99 Å². The molecule has 4 atom stereocenters. The maximum atomic E-state index is 11.2. The fraction of sp³-hybridized carbons (Fsp3) is 0.471. The van der Waals surface area contributed by atoms with Crippen LogP contribution < -0.4 is 0 Å². The van der Waals surface area contributed by atoms with E-state index in [9.17, 15) is 19.8 Å². The molecule has 26 heavy (non-hydrogen) atoms. The topological polar surface area (TPSA) is 123 Å². The van der Waals surface area contributed by atoms with Gasteiger partial charge in [-0.2, -0.15) is 0 Å². The van der Waals surface area contributed by atoms with Crippen LogP contribution in [0.15, 0.2) is 40.4 Å². The molecule has 3 aliphatic rings. The minimum Gasteiger partial charge on any atom is -0.394 e. The number of aliphatic hydroxyl groups excluding tert-OH is 3. The van der Waals surface area contributed by atoms with Gasteiger partial charge in [-0.1, -0.05) is 6.92 Å². The number of aldehydes is 2. The largest absolute Gasteiger partial charge is 0.394 e. The number of aliphatic hydroxyl groups is 3. The normalized spacial score (nSPS) is 32.2. The van der Waals surface area contributed by atoms with Crippen molar-refractivity contribution in [1.82, 2.24) is 9.80 Å². The molecule has 9 heteroatoms. The molecule has 3 rings (SSSR count). The summed E-state index contributed by atoms with van der Waals surface area (Å²) in [5, 5.41) is 29.1. The quantitative estimate of drug-likeness (QED) is 0.517. The fourth-order valence-corrected chi connectivity index (χ4v) is 3.09. The van der Waals surface area contributed by atoms with Gasteiger partial charge >= 0.3 is 0 Å². The molecule has 0 radical (unpaired) electrons. The zero-order valence-electron chi connectivity index (χ0n) is 14.2. The smallest absolute Gasteiger partial charge is 0.160 e. The van der Waals surface area contributed by atoms with E-state index in [1.54, 1.807) is 35.2 Å². The van der Waals surface area contributed by atoms with E-state index >= 15 is 0 Å². The Labute approximate surface area is 150 Å².